The van der Waals surface area contributed by atoms with Crippen molar-refractivity contribution in [3.05, 3.63) is 12.2 Å². The standard InChI is InChI=1S/C30H57NO12/c1-2-3-4-5-6-7-8-9-10-11-12-13-14-15-20(34)19(31)18-40-29-27(39)25(37)28(22(17-33)42-29)43-30-26(38)24(36)23(35)21(16-32)41-30/h14-15,19-30,32-39H,2-13,16-18,31H2,1H3/b15-14+/t19-,20+,21?,22?,23-,24?,25?,26?,27?,28+,29+,30-/m0/s1. The molecule has 2 fully saturated rings. The van der Waals surface area contributed by atoms with Gasteiger partial charge in [-0.2, -0.15) is 0 Å². The van der Waals surface area contributed by atoms with Gasteiger partial charge in [0.1, 0.15) is 48.8 Å². The lowest BCUT2D eigenvalue weighted by Gasteiger charge is -2.46. The van der Waals surface area contributed by atoms with Crippen LogP contribution in [0.2, 0.25) is 0 Å². The van der Waals surface area contributed by atoms with Crippen LogP contribution in [0.3, 0.4) is 0 Å². The topological polar surface area (TPSA) is 225 Å². The van der Waals surface area contributed by atoms with Gasteiger partial charge >= 0.3 is 0 Å². The predicted molar refractivity (Wildman–Crippen MR) is 157 cm³/mol. The Labute approximate surface area is 255 Å². The van der Waals surface area contributed by atoms with Gasteiger partial charge < -0.3 is 65.5 Å². The lowest BCUT2D eigenvalue weighted by atomic mass is 9.97. The summed E-state index contributed by atoms with van der Waals surface area (Å²) < 4.78 is 21.9. The molecular weight excluding hydrogens is 566 g/mol. The van der Waals surface area contributed by atoms with E-state index in [4.69, 9.17) is 24.7 Å². The molecule has 0 aromatic heterocycles. The van der Waals surface area contributed by atoms with Crippen molar-refractivity contribution in [2.24, 2.45) is 5.73 Å². The SMILES string of the molecule is CCCCCCCCCCCCC/C=C/[C@@H](O)[C@@H](N)CO[C@@H]1OC(CO)[C@@H](O[C@@H]2OC(CO)[C@H](O)C(O)C2O)C(O)C1O. The lowest BCUT2D eigenvalue weighted by Crippen LogP contribution is -2.64. The van der Waals surface area contributed by atoms with E-state index in [0.29, 0.717) is 0 Å². The minimum absolute atomic E-state index is 0.227. The van der Waals surface area contributed by atoms with Gasteiger partial charge in [-0.15, -0.1) is 0 Å². The largest absolute Gasteiger partial charge is 0.394 e. The Morgan fingerprint density at radius 1 is 0.698 bits per heavy atom. The molecule has 0 aromatic rings. The summed E-state index contributed by atoms with van der Waals surface area (Å²) in [5.74, 6) is 0. The number of ether oxygens (including phenoxy) is 4. The van der Waals surface area contributed by atoms with Crippen LogP contribution >= 0.6 is 0 Å². The Bertz CT molecular complexity index is 744. The second kappa shape index (κ2) is 21.1. The summed E-state index contributed by atoms with van der Waals surface area (Å²) in [4.78, 5) is 0. The average Bonchev–Trinajstić information content (AvgIpc) is 3.01. The molecule has 2 heterocycles. The number of unbranched alkanes of at least 4 members (excludes halogenated alkanes) is 11. The van der Waals surface area contributed by atoms with Crippen LogP contribution in [-0.2, 0) is 18.9 Å². The molecule has 0 amide bonds. The van der Waals surface area contributed by atoms with Crippen LogP contribution in [0.1, 0.15) is 84.0 Å². The summed E-state index contributed by atoms with van der Waals surface area (Å²) in [5.41, 5.74) is 6.04. The Balaban J connectivity index is 1.70. The third-order valence-corrected chi connectivity index (χ3v) is 8.16. The van der Waals surface area contributed by atoms with Crippen molar-refractivity contribution >= 4 is 0 Å². The Kier molecular flexibility index (Phi) is 18.8. The highest BCUT2D eigenvalue weighted by Gasteiger charge is 2.50. The minimum Gasteiger partial charge on any atom is -0.394 e. The molecule has 0 bridgehead atoms. The fraction of sp³-hybridized carbons (Fsp3) is 0.933. The second-order valence-corrected chi connectivity index (χ2v) is 11.7. The summed E-state index contributed by atoms with van der Waals surface area (Å²) in [5, 5.41) is 81.0. The van der Waals surface area contributed by atoms with Crippen LogP contribution in [0.4, 0.5) is 0 Å². The average molecular weight is 624 g/mol. The van der Waals surface area contributed by atoms with E-state index in [2.05, 4.69) is 6.92 Å². The van der Waals surface area contributed by atoms with Crippen LogP contribution in [0, 0.1) is 0 Å². The molecule has 0 aromatic carbocycles. The molecule has 0 spiro atoms. The van der Waals surface area contributed by atoms with E-state index >= 15 is 0 Å². The number of aliphatic hydroxyl groups is 8. The molecule has 2 aliphatic heterocycles. The summed E-state index contributed by atoms with van der Waals surface area (Å²) >= 11 is 0. The van der Waals surface area contributed by atoms with Crippen LogP contribution < -0.4 is 5.73 Å². The zero-order chi connectivity index (χ0) is 31.8. The van der Waals surface area contributed by atoms with Crippen molar-refractivity contribution in [3.63, 3.8) is 0 Å². The Morgan fingerprint density at radius 3 is 1.81 bits per heavy atom. The zero-order valence-corrected chi connectivity index (χ0v) is 25.5. The smallest absolute Gasteiger partial charge is 0.187 e. The van der Waals surface area contributed by atoms with E-state index in [1.54, 1.807) is 6.08 Å². The predicted octanol–water partition coefficient (Wildman–Crippen LogP) is -0.427. The number of hydrogen-bond acceptors (Lipinski definition) is 13. The van der Waals surface area contributed by atoms with Crippen molar-refractivity contribution < 1.29 is 59.8 Å². The van der Waals surface area contributed by atoms with E-state index in [-0.39, 0.29) is 6.61 Å². The number of allylic oxidation sites excluding steroid dienone is 1. The highest BCUT2D eigenvalue weighted by molar-refractivity contribution is 4.96. The highest BCUT2D eigenvalue weighted by atomic mass is 16.7. The monoisotopic (exact) mass is 623 g/mol. The number of aliphatic hydroxyl groups excluding tert-OH is 8. The van der Waals surface area contributed by atoms with E-state index in [1.165, 1.54) is 57.8 Å². The Hall–Kier alpha value is -0.780. The fourth-order valence-electron chi connectivity index (χ4n) is 5.30. The molecule has 254 valence electrons. The summed E-state index contributed by atoms with van der Waals surface area (Å²) in [6.07, 6.45) is 1.80. The number of rotatable bonds is 21. The molecular formula is C30H57NO12. The molecule has 43 heavy (non-hydrogen) atoms. The highest BCUT2D eigenvalue weighted by Crippen LogP contribution is 2.29. The molecule has 0 aliphatic carbocycles. The summed E-state index contributed by atoms with van der Waals surface area (Å²) in [6, 6.07) is -0.850. The maximum atomic E-state index is 10.7. The molecule has 2 aliphatic rings. The van der Waals surface area contributed by atoms with Crippen molar-refractivity contribution in [1.29, 1.82) is 0 Å². The van der Waals surface area contributed by atoms with Crippen molar-refractivity contribution in [2.75, 3.05) is 19.8 Å². The number of hydrogen-bond donors (Lipinski definition) is 9. The second-order valence-electron chi connectivity index (χ2n) is 11.7. The molecule has 13 nitrogen and oxygen atoms in total. The van der Waals surface area contributed by atoms with Crippen LogP contribution in [-0.4, -0.2) is 134 Å². The van der Waals surface area contributed by atoms with Gasteiger partial charge in [0.05, 0.1) is 32.0 Å². The molecule has 0 saturated carbocycles. The lowest BCUT2D eigenvalue weighted by molar-refractivity contribution is -0.359. The van der Waals surface area contributed by atoms with Gasteiger partial charge in [0, 0.05) is 0 Å². The van der Waals surface area contributed by atoms with Gasteiger partial charge in [-0.3, -0.25) is 0 Å². The molecule has 2 saturated heterocycles. The summed E-state index contributed by atoms with van der Waals surface area (Å²) in [7, 11) is 0. The fourth-order valence-corrected chi connectivity index (χ4v) is 5.30. The molecule has 12 atom stereocenters. The molecule has 10 N–H and O–H groups in total. The van der Waals surface area contributed by atoms with Crippen LogP contribution in [0.25, 0.3) is 0 Å². The molecule has 6 unspecified atom stereocenters. The summed E-state index contributed by atoms with van der Waals surface area (Å²) in [6.45, 7) is 0.641. The maximum absolute atomic E-state index is 10.7. The van der Waals surface area contributed by atoms with E-state index in [9.17, 15) is 40.9 Å². The molecule has 2 rings (SSSR count). The van der Waals surface area contributed by atoms with Crippen LogP contribution in [0.5, 0.6) is 0 Å². The Morgan fingerprint density at radius 2 is 1.23 bits per heavy atom. The van der Waals surface area contributed by atoms with Gasteiger partial charge in [-0.1, -0.05) is 83.3 Å². The van der Waals surface area contributed by atoms with E-state index in [1.807, 2.05) is 6.08 Å². The van der Waals surface area contributed by atoms with Gasteiger partial charge in [-0.05, 0) is 12.8 Å². The maximum Gasteiger partial charge on any atom is 0.187 e. The van der Waals surface area contributed by atoms with Crippen molar-refractivity contribution in [3.8, 4) is 0 Å². The van der Waals surface area contributed by atoms with Crippen molar-refractivity contribution in [2.45, 2.75) is 158 Å². The molecule has 0 radical (unpaired) electrons. The van der Waals surface area contributed by atoms with Gasteiger partial charge in [0.25, 0.3) is 0 Å². The number of nitrogens with two attached hydrogens (primary N) is 1. The third-order valence-electron chi connectivity index (χ3n) is 8.16. The van der Waals surface area contributed by atoms with Gasteiger partial charge in [-0.25, -0.2) is 0 Å². The first-order chi connectivity index (χ1) is 20.7. The van der Waals surface area contributed by atoms with Gasteiger partial charge in [0.15, 0.2) is 12.6 Å². The van der Waals surface area contributed by atoms with E-state index in [0.717, 1.165) is 19.3 Å². The zero-order valence-electron chi connectivity index (χ0n) is 25.5. The van der Waals surface area contributed by atoms with Gasteiger partial charge in [0.2, 0.25) is 0 Å². The van der Waals surface area contributed by atoms with E-state index < -0.39 is 86.8 Å². The first-order valence-electron chi connectivity index (χ1n) is 16.0. The first kappa shape index (κ1) is 38.4. The first-order valence-corrected chi connectivity index (χ1v) is 16.0. The minimum atomic E-state index is -1.75. The molecule has 13 heteroatoms. The quantitative estimate of drug-likeness (QED) is 0.0585. The third kappa shape index (κ3) is 12.5. The van der Waals surface area contributed by atoms with Crippen molar-refractivity contribution in [1.82, 2.24) is 0 Å². The van der Waals surface area contributed by atoms with Crippen LogP contribution in [0.15, 0.2) is 12.2 Å². The normalized spacial score (nSPS) is 34.9.